The van der Waals surface area contributed by atoms with E-state index in [0.29, 0.717) is 18.0 Å². The highest BCUT2D eigenvalue weighted by Crippen LogP contribution is 2.27. The van der Waals surface area contributed by atoms with Crippen LogP contribution in [0.2, 0.25) is 0 Å². The summed E-state index contributed by atoms with van der Waals surface area (Å²) in [5.74, 6) is -0.0658. The van der Waals surface area contributed by atoms with Gasteiger partial charge in [-0.1, -0.05) is 48.5 Å². The van der Waals surface area contributed by atoms with Crippen molar-refractivity contribution in [2.24, 2.45) is 0 Å². The Kier molecular flexibility index (Phi) is 5.21. The van der Waals surface area contributed by atoms with Gasteiger partial charge >= 0.3 is 0 Å². The van der Waals surface area contributed by atoms with Crippen LogP contribution in [-0.2, 0) is 6.54 Å². The maximum Gasteiger partial charge on any atom is 0.247 e. The third kappa shape index (κ3) is 3.97. The minimum absolute atomic E-state index is 0.256. The van der Waals surface area contributed by atoms with Crippen molar-refractivity contribution in [3.8, 4) is 11.5 Å². The summed E-state index contributed by atoms with van der Waals surface area (Å²) in [6, 6.07) is 21.3. The van der Waals surface area contributed by atoms with Crippen molar-refractivity contribution in [1.29, 1.82) is 0 Å². The normalized spacial score (nSPS) is 12.1. The van der Waals surface area contributed by atoms with Gasteiger partial charge in [0.25, 0.3) is 0 Å². The number of nitrogens with one attached hydrogen (secondary N) is 1. The molecular weight excluding hydrogens is 360 g/mol. The summed E-state index contributed by atoms with van der Waals surface area (Å²) in [7, 11) is 0. The highest BCUT2D eigenvalue weighted by Gasteiger charge is 2.23. The molecule has 0 saturated carbocycles. The molecule has 0 radical (unpaired) electrons. The van der Waals surface area contributed by atoms with Crippen LogP contribution in [0, 0.1) is 11.6 Å². The molecule has 3 aromatic carbocycles. The topological polar surface area (TPSA) is 51.0 Å². The third-order valence-corrected chi connectivity index (χ3v) is 4.35. The maximum atomic E-state index is 14.5. The highest BCUT2D eigenvalue weighted by atomic mass is 19.1. The Bertz CT molecular complexity index is 1050. The van der Waals surface area contributed by atoms with Gasteiger partial charge in [-0.2, -0.15) is 0 Å². The van der Waals surface area contributed by atoms with Crippen LogP contribution in [0.15, 0.2) is 83.3 Å². The zero-order valence-corrected chi connectivity index (χ0v) is 14.8. The highest BCUT2D eigenvalue weighted by molar-refractivity contribution is 5.51. The van der Waals surface area contributed by atoms with Crippen LogP contribution in [0.4, 0.5) is 8.78 Å². The van der Waals surface area contributed by atoms with Crippen LogP contribution in [0.3, 0.4) is 0 Å². The zero-order valence-electron chi connectivity index (χ0n) is 14.8. The predicted molar refractivity (Wildman–Crippen MR) is 101 cm³/mol. The number of nitrogens with zero attached hydrogens (tertiary/aromatic N) is 2. The summed E-state index contributed by atoms with van der Waals surface area (Å²) < 4.78 is 33.4. The molecule has 1 N–H and O–H groups in total. The van der Waals surface area contributed by atoms with Crippen LogP contribution in [0.5, 0.6) is 0 Å². The van der Waals surface area contributed by atoms with Crippen molar-refractivity contribution in [2.45, 2.75) is 12.6 Å². The molecule has 6 heteroatoms. The molecule has 4 nitrogen and oxygen atoms in total. The Hall–Kier alpha value is -3.38. The largest absolute Gasteiger partial charge is 0.419 e. The first kappa shape index (κ1) is 18.0. The van der Waals surface area contributed by atoms with Crippen molar-refractivity contribution in [3.05, 3.63) is 108 Å². The molecule has 0 spiro atoms. The Morgan fingerprint density at radius 2 is 1.54 bits per heavy atom. The molecule has 0 fully saturated rings. The number of halogens is 2. The maximum absolute atomic E-state index is 14.5. The molecule has 1 heterocycles. The average Bonchev–Trinajstić information content (AvgIpc) is 3.21. The summed E-state index contributed by atoms with van der Waals surface area (Å²) in [5, 5.41) is 11.5. The van der Waals surface area contributed by atoms with E-state index in [1.54, 1.807) is 30.3 Å². The SMILES string of the molecule is Fc1ccc(CN[C@H](c2nnc(-c3ccccc3)o2)c2ccccc2F)cc1. The average molecular weight is 377 g/mol. The minimum Gasteiger partial charge on any atom is -0.419 e. The van der Waals surface area contributed by atoms with Crippen LogP contribution in [-0.4, -0.2) is 10.2 Å². The van der Waals surface area contributed by atoms with Crippen molar-refractivity contribution >= 4 is 0 Å². The molecule has 4 aromatic rings. The molecule has 0 amide bonds. The molecule has 0 saturated heterocycles. The lowest BCUT2D eigenvalue weighted by Crippen LogP contribution is -2.23. The van der Waals surface area contributed by atoms with Gasteiger partial charge in [0, 0.05) is 17.7 Å². The summed E-state index contributed by atoms with van der Waals surface area (Å²) in [6.07, 6.45) is 0. The molecule has 0 unspecified atom stereocenters. The summed E-state index contributed by atoms with van der Waals surface area (Å²) in [5.41, 5.74) is 2.03. The van der Waals surface area contributed by atoms with E-state index in [9.17, 15) is 8.78 Å². The van der Waals surface area contributed by atoms with Crippen LogP contribution in [0.25, 0.3) is 11.5 Å². The van der Waals surface area contributed by atoms with Gasteiger partial charge in [-0.05, 0) is 35.9 Å². The molecule has 1 aromatic heterocycles. The molecule has 4 rings (SSSR count). The van der Waals surface area contributed by atoms with Crippen LogP contribution < -0.4 is 5.32 Å². The van der Waals surface area contributed by atoms with Gasteiger partial charge in [-0.25, -0.2) is 8.78 Å². The number of benzene rings is 3. The molecule has 0 aliphatic heterocycles. The van der Waals surface area contributed by atoms with Crippen LogP contribution >= 0.6 is 0 Å². The lowest BCUT2D eigenvalue weighted by Gasteiger charge is -2.16. The molecule has 0 bridgehead atoms. The fourth-order valence-electron chi connectivity index (χ4n) is 2.91. The first-order valence-electron chi connectivity index (χ1n) is 8.82. The minimum atomic E-state index is -0.642. The van der Waals surface area contributed by atoms with Crippen molar-refractivity contribution in [1.82, 2.24) is 15.5 Å². The van der Waals surface area contributed by atoms with Gasteiger partial charge in [0.15, 0.2) is 0 Å². The second-order valence-electron chi connectivity index (χ2n) is 6.27. The number of hydrogen-bond donors (Lipinski definition) is 1. The van der Waals surface area contributed by atoms with Gasteiger partial charge in [0.1, 0.15) is 17.7 Å². The Morgan fingerprint density at radius 1 is 0.821 bits per heavy atom. The van der Waals surface area contributed by atoms with E-state index >= 15 is 0 Å². The standard InChI is InChI=1S/C22H17F2N3O/c23-17-12-10-15(11-13-17)14-25-20(18-8-4-5-9-19(18)24)22-27-26-21(28-22)16-6-2-1-3-7-16/h1-13,20,25H,14H2/t20-/m0/s1. The second-order valence-corrected chi connectivity index (χ2v) is 6.27. The Balaban J connectivity index is 1.64. The second kappa shape index (κ2) is 8.10. The Morgan fingerprint density at radius 3 is 2.29 bits per heavy atom. The quantitative estimate of drug-likeness (QED) is 0.520. The fraction of sp³-hybridized carbons (Fsp3) is 0.0909. The van der Waals surface area contributed by atoms with E-state index in [0.717, 1.165) is 11.1 Å². The fourth-order valence-corrected chi connectivity index (χ4v) is 2.91. The third-order valence-electron chi connectivity index (χ3n) is 4.35. The van der Waals surface area contributed by atoms with Gasteiger partial charge in [-0.15, -0.1) is 10.2 Å². The van der Waals surface area contributed by atoms with E-state index in [-0.39, 0.29) is 17.5 Å². The molecule has 1 atom stereocenters. The molecule has 0 aliphatic carbocycles. The number of aromatic nitrogens is 2. The van der Waals surface area contributed by atoms with Gasteiger partial charge in [-0.3, -0.25) is 5.32 Å². The first-order chi connectivity index (χ1) is 13.7. The molecule has 140 valence electrons. The number of hydrogen-bond acceptors (Lipinski definition) is 4. The van der Waals surface area contributed by atoms with Gasteiger partial charge in [0.2, 0.25) is 11.8 Å². The van der Waals surface area contributed by atoms with E-state index in [1.807, 2.05) is 30.3 Å². The zero-order chi connectivity index (χ0) is 19.3. The first-order valence-corrected chi connectivity index (χ1v) is 8.82. The predicted octanol–water partition coefficient (Wildman–Crippen LogP) is 4.89. The van der Waals surface area contributed by atoms with Crippen LogP contribution in [0.1, 0.15) is 23.1 Å². The number of rotatable bonds is 6. The van der Waals surface area contributed by atoms with E-state index < -0.39 is 6.04 Å². The molecular formula is C22H17F2N3O. The monoisotopic (exact) mass is 377 g/mol. The molecule has 28 heavy (non-hydrogen) atoms. The summed E-state index contributed by atoms with van der Waals surface area (Å²) in [4.78, 5) is 0. The van der Waals surface area contributed by atoms with Crippen molar-refractivity contribution < 1.29 is 13.2 Å². The van der Waals surface area contributed by atoms with E-state index in [4.69, 9.17) is 4.42 Å². The summed E-state index contributed by atoms with van der Waals surface area (Å²) >= 11 is 0. The van der Waals surface area contributed by atoms with Gasteiger partial charge < -0.3 is 4.42 Å². The Labute approximate surface area is 160 Å². The smallest absolute Gasteiger partial charge is 0.247 e. The van der Waals surface area contributed by atoms with E-state index in [2.05, 4.69) is 15.5 Å². The van der Waals surface area contributed by atoms with Gasteiger partial charge in [0.05, 0.1) is 0 Å². The molecule has 0 aliphatic rings. The lowest BCUT2D eigenvalue weighted by molar-refractivity contribution is 0.427. The van der Waals surface area contributed by atoms with Crippen molar-refractivity contribution in [3.63, 3.8) is 0 Å². The van der Waals surface area contributed by atoms with E-state index in [1.165, 1.54) is 18.2 Å². The van der Waals surface area contributed by atoms with Crippen molar-refractivity contribution in [2.75, 3.05) is 0 Å². The lowest BCUT2D eigenvalue weighted by atomic mass is 10.1. The summed E-state index contributed by atoms with van der Waals surface area (Å²) in [6.45, 7) is 0.377.